The molecule has 2 atom stereocenters. The van der Waals surface area contributed by atoms with Crippen LogP contribution >= 0.6 is 11.6 Å². The minimum Gasteiger partial charge on any atom is -0.492 e. The Hall–Kier alpha value is -1.30. The van der Waals surface area contributed by atoms with Gasteiger partial charge in [0, 0.05) is 32.2 Å². The van der Waals surface area contributed by atoms with Gasteiger partial charge in [0.25, 0.3) is 0 Å². The first-order valence-corrected chi connectivity index (χ1v) is 9.41. The number of ether oxygens (including phenoxy) is 3. The molecule has 6 heteroatoms. The van der Waals surface area contributed by atoms with E-state index < -0.39 is 0 Å². The normalized spacial score (nSPS) is 19.8. The van der Waals surface area contributed by atoms with Crippen LogP contribution in [-0.4, -0.2) is 39.4 Å². The summed E-state index contributed by atoms with van der Waals surface area (Å²) in [6, 6.07) is 4.07. The lowest BCUT2D eigenvalue weighted by Gasteiger charge is -2.40. The highest BCUT2D eigenvalue weighted by molar-refractivity contribution is 6.32. The monoisotopic (exact) mass is 383 g/mol. The molecule has 0 aliphatic carbocycles. The molecular formula is C20H30ClNO4. The van der Waals surface area contributed by atoms with E-state index in [-0.39, 0.29) is 29.9 Å². The fourth-order valence-electron chi connectivity index (χ4n) is 3.19. The van der Waals surface area contributed by atoms with Crippen molar-refractivity contribution in [2.75, 3.05) is 27.4 Å². The number of rotatable bonds is 7. The van der Waals surface area contributed by atoms with E-state index >= 15 is 0 Å². The van der Waals surface area contributed by atoms with Crippen molar-refractivity contribution in [3.8, 4) is 5.75 Å². The molecule has 0 saturated carbocycles. The Labute approximate surface area is 161 Å². The van der Waals surface area contributed by atoms with Gasteiger partial charge in [0.1, 0.15) is 5.75 Å². The molecule has 1 aromatic rings. The molecular weight excluding hydrogens is 354 g/mol. The van der Waals surface area contributed by atoms with Gasteiger partial charge in [-0.2, -0.15) is 0 Å². The number of nitrogens with one attached hydrogen (secondary N) is 1. The Morgan fingerprint density at radius 3 is 2.62 bits per heavy atom. The van der Waals surface area contributed by atoms with Crippen LogP contribution in [0.3, 0.4) is 0 Å². The van der Waals surface area contributed by atoms with Gasteiger partial charge in [-0.15, -0.1) is 0 Å². The highest BCUT2D eigenvalue weighted by Gasteiger charge is 2.35. The molecule has 0 bridgehead atoms. The maximum absolute atomic E-state index is 11.9. The Kier molecular flexibility index (Phi) is 7.33. The number of benzene rings is 1. The minimum absolute atomic E-state index is 0.0607. The first kappa shape index (κ1) is 21.0. The molecule has 5 nitrogen and oxygen atoms in total. The number of carbonyl (C=O) groups excluding carboxylic acids is 1. The second-order valence-electron chi connectivity index (χ2n) is 7.80. The van der Waals surface area contributed by atoms with Crippen LogP contribution in [0.2, 0.25) is 5.02 Å². The largest absolute Gasteiger partial charge is 0.492 e. The third-order valence-electron chi connectivity index (χ3n) is 4.79. The van der Waals surface area contributed by atoms with Crippen LogP contribution in [0.15, 0.2) is 12.1 Å². The highest BCUT2D eigenvalue weighted by Crippen LogP contribution is 2.39. The van der Waals surface area contributed by atoms with E-state index in [2.05, 4.69) is 26.1 Å². The number of hydrogen-bond acceptors (Lipinski definition) is 5. The first-order chi connectivity index (χ1) is 12.3. The zero-order chi connectivity index (χ0) is 19.3. The van der Waals surface area contributed by atoms with Gasteiger partial charge in [-0.05, 0) is 35.1 Å². The molecule has 26 heavy (non-hydrogen) atoms. The van der Waals surface area contributed by atoms with Crippen molar-refractivity contribution in [2.24, 2.45) is 5.41 Å². The predicted octanol–water partition coefficient (Wildman–Crippen LogP) is 3.92. The third-order valence-corrected chi connectivity index (χ3v) is 5.09. The molecule has 0 amide bonds. The quantitative estimate of drug-likeness (QED) is 0.571. The molecule has 1 aliphatic rings. The van der Waals surface area contributed by atoms with E-state index in [1.807, 2.05) is 12.1 Å². The fourth-order valence-corrected chi connectivity index (χ4v) is 3.42. The molecule has 1 aliphatic heterocycles. The van der Waals surface area contributed by atoms with Crippen LogP contribution in [-0.2, 0) is 20.7 Å². The Bertz CT molecular complexity index is 627. The van der Waals surface area contributed by atoms with Crippen LogP contribution < -0.4 is 10.1 Å². The number of methoxy groups -OCH3 is 2. The van der Waals surface area contributed by atoms with Crippen LogP contribution in [0.25, 0.3) is 0 Å². The summed E-state index contributed by atoms with van der Waals surface area (Å²) in [6.45, 7) is 7.80. The number of halogens is 1. The van der Waals surface area contributed by atoms with Crippen LogP contribution in [0.5, 0.6) is 5.75 Å². The second kappa shape index (κ2) is 9.07. The van der Waals surface area contributed by atoms with E-state index in [9.17, 15) is 4.79 Å². The summed E-state index contributed by atoms with van der Waals surface area (Å²) in [7, 11) is 3.09. The van der Waals surface area contributed by atoms with E-state index in [1.165, 1.54) is 12.7 Å². The maximum atomic E-state index is 11.9. The fraction of sp³-hybridized carbons (Fsp3) is 0.650. The zero-order valence-electron chi connectivity index (χ0n) is 16.4. The van der Waals surface area contributed by atoms with Gasteiger partial charge >= 0.3 is 5.97 Å². The molecule has 0 radical (unpaired) electrons. The molecule has 0 aromatic heterocycles. The summed E-state index contributed by atoms with van der Waals surface area (Å²) >= 11 is 6.44. The predicted molar refractivity (Wildman–Crippen MR) is 103 cm³/mol. The molecule has 0 spiro atoms. The summed E-state index contributed by atoms with van der Waals surface area (Å²) in [5.41, 5.74) is 2.28. The van der Waals surface area contributed by atoms with Crippen molar-refractivity contribution >= 4 is 17.6 Å². The second-order valence-corrected chi connectivity index (χ2v) is 8.21. The Balaban J connectivity index is 2.28. The standard InChI is InChI=1S/C20H30ClNO4/c1-20(2,3)18-10-13-9-17(26-8-6-7-24-4)15(21)11-14(13)16(22-18)12-19(23)25-5/h9,11,16,18,22H,6-8,10,12H2,1-5H3. The smallest absolute Gasteiger partial charge is 0.307 e. The first-order valence-electron chi connectivity index (χ1n) is 9.03. The molecule has 1 aromatic carbocycles. The van der Waals surface area contributed by atoms with Gasteiger partial charge in [0.05, 0.1) is 25.2 Å². The van der Waals surface area contributed by atoms with Crippen molar-refractivity contribution < 1.29 is 19.0 Å². The number of hydrogen-bond donors (Lipinski definition) is 1. The van der Waals surface area contributed by atoms with Crippen LogP contribution in [0.4, 0.5) is 0 Å². The molecule has 1 heterocycles. The lowest BCUT2D eigenvalue weighted by molar-refractivity contribution is -0.141. The molecule has 0 fully saturated rings. The summed E-state index contributed by atoms with van der Waals surface area (Å²) in [6.07, 6.45) is 1.95. The van der Waals surface area contributed by atoms with Gasteiger partial charge < -0.3 is 19.5 Å². The van der Waals surface area contributed by atoms with Gasteiger partial charge in [0.15, 0.2) is 0 Å². The molecule has 1 N–H and O–H groups in total. The van der Waals surface area contributed by atoms with Crippen molar-refractivity contribution in [3.05, 3.63) is 28.3 Å². The van der Waals surface area contributed by atoms with Gasteiger partial charge in [-0.1, -0.05) is 32.4 Å². The summed E-state index contributed by atoms with van der Waals surface area (Å²) in [5.74, 6) is 0.451. The zero-order valence-corrected chi connectivity index (χ0v) is 17.1. The Morgan fingerprint density at radius 2 is 2.00 bits per heavy atom. The topological polar surface area (TPSA) is 56.8 Å². The lowest BCUT2D eigenvalue weighted by atomic mass is 9.77. The van der Waals surface area contributed by atoms with E-state index in [1.54, 1.807) is 7.11 Å². The average molecular weight is 384 g/mol. The van der Waals surface area contributed by atoms with E-state index in [0.29, 0.717) is 24.0 Å². The SMILES string of the molecule is COCCCOc1cc2c(cc1Cl)C(CC(=O)OC)NC(C(C)(C)C)C2. The van der Waals surface area contributed by atoms with Crippen molar-refractivity contribution in [2.45, 2.75) is 52.1 Å². The number of fused-ring (bicyclic) bond motifs is 1. The minimum atomic E-state index is -0.237. The molecule has 2 unspecified atom stereocenters. The lowest BCUT2D eigenvalue weighted by Crippen LogP contribution is -2.47. The van der Waals surface area contributed by atoms with Crippen molar-refractivity contribution in [3.63, 3.8) is 0 Å². The van der Waals surface area contributed by atoms with Gasteiger partial charge in [-0.3, -0.25) is 4.79 Å². The number of carbonyl (C=O) groups is 1. The maximum Gasteiger partial charge on any atom is 0.307 e. The number of esters is 1. The Morgan fingerprint density at radius 1 is 1.27 bits per heavy atom. The molecule has 0 saturated heterocycles. The van der Waals surface area contributed by atoms with Crippen molar-refractivity contribution in [1.29, 1.82) is 0 Å². The summed E-state index contributed by atoms with van der Waals surface area (Å²) in [4.78, 5) is 11.9. The van der Waals surface area contributed by atoms with Crippen molar-refractivity contribution in [1.82, 2.24) is 5.32 Å². The van der Waals surface area contributed by atoms with E-state index in [0.717, 1.165) is 18.4 Å². The highest BCUT2D eigenvalue weighted by atomic mass is 35.5. The molecule has 2 rings (SSSR count). The van der Waals surface area contributed by atoms with Crippen LogP contribution in [0.1, 0.15) is 50.8 Å². The van der Waals surface area contributed by atoms with Gasteiger partial charge in [0.2, 0.25) is 0 Å². The summed E-state index contributed by atoms with van der Waals surface area (Å²) < 4.78 is 15.8. The molecule has 146 valence electrons. The third kappa shape index (κ3) is 5.35. The van der Waals surface area contributed by atoms with E-state index in [4.69, 9.17) is 25.8 Å². The summed E-state index contributed by atoms with van der Waals surface area (Å²) in [5, 5.41) is 4.17. The van der Waals surface area contributed by atoms with Crippen LogP contribution in [0, 0.1) is 5.41 Å². The average Bonchev–Trinajstić information content (AvgIpc) is 2.58. The van der Waals surface area contributed by atoms with Gasteiger partial charge in [-0.25, -0.2) is 0 Å².